The van der Waals surface area contributed by atoms with E-state index in [0.717, 1.165) is 90.4 Å². The predicted octanol–water partition coefficient (Wildman–Crippen LogP) is 19.2. The fraction of sp³-hybridized carbons (Fsp3) is 0. The summed E-state index contributed by atoms with van der Waals surface area (Å²) in [4.78, 5) is 0. The summed E-state index contributed by atoms with van der Waals surface area (Å²) in [6.07, 6.45) is 0. The number of nitrogens with zero attached hydrogens (tertiary/aromatic N) is 3. The minimum Gasteiger partial charge on any atom is -0.423 e. The molecule has 0 aliphatic carbocycles. The molecular weight excluding hydrogens is 1300 g/mol. The quantitative estimate of drug-likeness (QED) is 0.0756. The minimum atomic E-state index is -1.51. The molecule has 0 atom stereocenters. The summed E-state index contributed by atoms with van der Waals surface area (Å²) in [5.41, 5.74) is 30.0. The van der Waals surface area contributed by atoms with Crippen LogP contribution in [0.15, 0.2) is 291 Å². The van der Waals surface area contributed by atoms with Crippen molar-refractivity contribution in [2.45, 2.75) is 0 Å². The van der Waals surface area contributed by atoms with Crippen molar-refractivity contribution in [3.05, 3.63) is 298 Å². The zero-order chi connectivity index (χ0) is 59.6. The molecular formula is C78H54BI2N5O2. The van der Waals surface area contributed by atoms with Crippen molar-refractivity contribution < 1.29 is 10.0 Å². The molecule has 0 aliphatic heterocycles. The number of fused-ring (bicyclic) bond motifs is 15. The third-order valence-electron chi connectivity index (χ3n) is 17.1. The highest BCUT2D eigenvalue weighted by molar-refractivity contribution is 14.1. The lowest BCUT2D eigenvalue weighted by atomic mass is 9.76. The molecule has 3 heterocycles. The van der Waals surface area contributed by atoms with Crippen LogP contribution in [0.3, 0.4) is 0 Å². The lowest BCUT2D eigenvalue weighted by Crippen LogP contribution is -2.30. The second-order valence-electron chi connectivity index (χ2n) is 22.0. The van der Waals surface area contributed by atoms with Gasteiger partial charge in [0.2, 0.25) is 0 Å². The Morgan fingerprint density at radius 1 is 0.261 bits per heavy atom. The maximum atomic E-state index is 9.93. The van der Waals surface area contributed by atoms with E-state index in [1.165, 1.54) is 65.2 Å². The van der Waals surface area contributed by atoms with Gasteiger partial charge >= 0.3 is 7.12 Å². The molecule has 0 unspecified atom stereocenters. The first kappa shape index (κ1) is 54.9. The number of nitrogens with two attached hydrogens (primary N) is 2. The number of nitrogen functional groups attached to an aromatic ring is 2. The third-order valence-corrected chi connectivity index (χ3v) is 18.9. The number of anilines is 2. The van der Waals surface area contributed by atoms with Crippen molar-refractivity contribution in [3.63, 3.8) is 0 Å². The van der Waals surface area contributed by atoms with Crippen LogP contribution in [-0.2, 0) is 0 Å². The summed E-state index contributed by atoms with van der Waals surface area (Å²) in [6.45, 7) is 0. The highest BCUT2D eigenvalue weighted by atomic mass is 127. The molecule has 0 bridgehead atoms. The molecule has 0 fully saturated rings. The molecule has 0 aliphatic rings. The van der Waals surface area contributed by atoms with Crippen molar-refractivity contribution in [2.24, 2.45) is 0 Å². The van der Waals surface area contributed by atoms with E-state index in [1.807, 2.05) is 78.9 Å². The van der Waals surface area contributed by atoms with Gasteiger partial charge in [-0.2, -0.15) is 0 Å². The van der Waals surface area contributed by atoms with Crippen molar-refractivity contribution >= 4 is 167 Å². The van der Waals surface area contributed by atoms with E-state index in [2.05, 4.69) is 271 Å². The first-order valence-corrected chi connectivity index (χ1v) is 31.3. The van der Waals surface area contributed by atoms with E-state index in [9.17, 15) is 10.0 Å². The van der Waals surface area contributed by atoms with Gasteiger partial charge in [0.25, 0.3) is 0 Å². The summed E-state index contributed by atoms with van der Waals surface area (Å²) in [7, 11) is -1.51. The Bertz CT molecular complexity index is 5310. The maximum Gasteiger partial charge on any atom is 0.489 e. The number of para-hydroxylation sites is 8. The number of rotatable bonds is 6. The van der Waals surface area contributed by atoms with Crippen molar-refractivity contribution in [1.82, 2.24) is 13.7 Å². The van der Waals surface area contributed by atoms with Crippen LogP contribution in [0.25, 0.3) is 137 Å². The van der Waals surface area contributed by atoms with E-state index in [4.69, 9.17) is 11.5 Å². The average molecular weight is 1360 g/mol. The Balaban J connectivity index is 0.000000153. The number of hydrogen-bond acceptors (Lipinski definition) is 4. The molecule has 17 rings (SSSR count). The van der Waals surface area contributed by atoms with Crippen LogP contribution in [0.1, 0.15) is 0 Å². The molecule has 6 N–H and O–H groups in total. The molecule has 0 amide bonds. The molecule has 3 aromatic heterocycles. The Hall–Kier alpha value is -9.70. The molecule has 0 saturated carbocycles. The maximum absolute atomic E-state index is 9.93. The Morgan fingerprint density at radius 2 is 0.557 bits per heavy atom. The molecule has 0 radical (unpaired) electrons. The van der Waals surface area contributed by atoms with Gasteiger partial charge in [-0.15, -0.1) is 0 Å². The smallest absolute Gasteiger partial charge is 0.423 e. The normalized spacial score (nSPS) is 11.5. The van der Waals surface area contributed by atoms with Crippen LogP contribution < -0.4 is 16.9 Å². The molecule has 88 heavy (non-hydrogen) atoms. The Labute approximate surface area is 535 Å². The Morgan fingerprint density at radius 3 is 0.920 bits per heavy atom. The van der Waals surface area contributed by atoms with Gasteiger partial charge in [-0.1, -0.05) is 212 Å². The number of hydrogen-bond donors (Lipinski definition) is 4. The first-order chi connectivity index (χ1) is 43.2. The number of aromatic nitrogens is 3. The topological polar surface area (TPSA) is 107 Å². The van der Waals surface area contributed by atoms with Crippen LogP contribution >= 0.6 is 45.2 Å². The standard InChI is InChI=1S/C50H33N3.C22H16BNO2.C6H5I2N/c51-48-38(42-30-44-36-22-11-13-28-46(36)52(32-16-3-1-4-17-32)49(44)40-24-9-7-20-34(40)42)26-15-27-39(48)43-31-45-37-23-12-14-29-47(37)53(33-18-5-2-6-19-33)50(45)41-25-10-8-21-35(41)43;25-23(26)20-14-19-17-11-6-7-13-21(17)24(15-8-2-1-3-9-15)22(19)18-12-5-4-10-16(18)20;7-4-2-1-3-5(8)6(4)9/h1-31H,51H2;1-14,25-26H;1-3H,9H2. The van der Waals surface area contributed by atoms with E-state index in [-0.39, 0.29) is 0 Å². The zero-order valence-corrected chi connectivity index (χ0v) is 51.8. The molecule has 17 aromatic rings. The lowest BCUT2D eigenvalue weighted by Gasteiger charge is -2.17. The molecule has 420 valence electrons. The fourth-order valence-electron chi connectivity index (χ4n) is 13.2. The van der Waals surface area contributed by atoms with E-state index in [1.54, 1.807) is 0 Å². The highest BCUT2D eigenvalue weighted by Crippen LogP contribution is 2.47. The van der Waals surface area contributed by atoms with Crippen LogP contribution in [0.2, 0.25) is 0 Å². The lowest BCUT2D eigenvalue weighted by molar-refractivity contribution is 0.426. The van der Waals surface area contributed by atoms with E-state index >= 15 is 0 Å². The van der Waals surface area contributed by atoms with Gasteiger partial charge in [0.15, 0.2) is 0 Å². The second kappa shape index (κ2) is 22.9. The van der Waals surface area contributed by atoms with Crippen LogP contribution in [-0.4, -0.2) is 30.9 Å². The third kappa shape index (κ3) is 9.25. The van der Waals surface area contributed by atoms with Gasteiger partial charge in [-0.05, 0) is 157 Å². The molecule has 7 nitrogen and oxygen atoms in total. The average Bonchev–Trinajstić information content (AvgIpc) is 1.60. The second-order valence-corrected chi connectivity index (χ2v) is 24.3. The van der Waals surface area contributed by atoms with E-state index in [0.29, 0.717) is 5.46 Å². The predicted molar refractivity (Wildman–Crippen MR) is 390 cm³/mol. The van der Waals surface area contributed by atoms with Crippen molar-refractivity contribution in [2.75, 3.05) is 11.5 Å². The van der Waals surface area contributed by atoms with Crippen LogP contribution in [0, 0.1) is 7.14 Å². The fourth-order valence-corrected chi connectivity index (χ4v) is 14.8. The van der Waals surface area contributed by atoms with Crippen molar-refractivity contribution in [1.29, 1.82) is 0 Å². The van der Waals surface area contributed by atoms with Gasteiger partial charge in [-0.25, -0.2) is 0 Å². The van der Waals surface area contributed by atoms with Gasteiger partial charge in [0.05, 0.1) is 38.8 Å². The summed E-state index contributed by atoms with van der Waals surface area (Å²) in [5, 5.41) is 33.4. The van der Waals surface area contributed by atoms with Gasteiger partial charge < -0.3 is 35.2 Å². The highest BCUT2D eigenvalue weighted by Gasteiger charge is 2.24. The molecule has 14 aromatic carbocycles. The number of benzene rings is 14. The van der Waals surface area contributed by atoms with E-state index < -0.39 is 7.12 Å². The Kier molecular flexibility index (Phi) is 14.3. The molecule has 0 spiro atoms. The minimum absolute atomic E-state index is 0.532. The summed E-state index contributed by atoms with van der Waals surface area (Å²) in [5.74, 6) is 0. The van der Waals surface area contributed by atoms with Crippen LogP contribution in [0.5, 0.6) is 0 Å². The monoisotopic (exact) mass is 1360 g/mol. The largest absolute Gasteiger partial charge is 0.489 e. The van der Waals surface area contributed by atoms with Gasteiger partial charge in [0, 0.05) is 89.5 Å². The van der Waals surface area contributed by atoms with Crippen molar-refractivity contribution in [3.8, 4) is 39.3 Å². The first-order valence-electron chi connectivity index (χ1n) is 29.2. The zero-order valence-electron chi connectivity index (χ0n) is 47.4. The summed E-state index contributed by atoms with van der Waals surface area (Å²) >= 11 is 4.44. The number of halogens is 2. The van der Waals surface area contributed by atoms with Gasteiger partial charge in [0.1, 0.15) is 0 Å². The summed E-state index contributed by atoms with van der Waals surface area (Å²) in [6, 6.07) is 102. The SMILES string of the molecule is Nc1c(-c2cc3c4ccccc4n(-c4ccccc4)c3c3ccccc23)cccc1-c1cc2c3ccccc3n(-c3ccccc3)c2c2ccccc12.Nc1c(I)cccc1I.OB(O)c1cc2c3ccccc3n(-c3ccccc3)c2c2ccccc12. The summed E-state index contributed by atoms with van der Waals surface area (Å²) < 4.78 is 9.31. The molecule has 10 heteroatoms. The molecule has 0 saturated heterocycles. The van der Waals surface area contributed by atoms with Gasteiger partial charge in [-0.3, -0.25) is 0 Å². The van der Waals surface area contributed by atoms with Crippen LogP contribution in [0.4, 0.5) is 11.4 Å².